The molecular weight excluding hydrogens is 448 g/mol. The first-order valence-corrected chi connectivity index (χ1v) is 12.2. The summed E-state index contributed by atoms with van der Waals surface area (Å²) in [5.41, 5.74) is 1.47. The van der Waals surface area contributed by atoms with Gasteiger partial charge in [-0.1, -0.05) is 17.3 Å². The fourth-order valence-corrected chi connectivity index (χ4v) is 5.38. The highest BCUT2D eigenvalue weighted by molar-refractivity contribution is 7.89. The number of sulfonamides is 1. The van der Waals surface area contributed by atoms with Gasteiger partial charge in [-0.15, -0.1) is 11.3 Å². The van der Waals surface area contributed by atoms with E-state index in [0.717, 1.165) is 4.88 Å². The molecule has 4 aromatic rings. The predicted molar refractivity (Wildman–Crippen MR) is 124 cm³/mol. The Labute approximate surface area is 189 Å². The standard InChI is InChI=1S/C22H22N4O4S2/c1-13-19-16(12-17(18-9-6-10-31-18)24-21(19)30-25-13)20(27)23-14-7-5-8-15(11-14)32(28,29)26-22(2,3)4/h5-12,26H,1-4H3,(H,23,27). The van der Waals surface area contributed by atoms with E-state index in [1.54, 1.807) is 45.9 Å². The Morgan fingerprint density at radius 3 is 2.59 bits per heavy atom. The molecule has 0 bridgehead atoms. The van der Waals surface area contributed by atoms with Crippen molar-refractivity contribution in [3.63, 3.8) is 0 Å². The summed E-state index contributed by atoms with van der Waals surface area (Å²) in [6.45, 7) is 7.02. The lowest BCUT2D eigenvalue weighted by atomic mass is 10.1. The number of benzene rings is 1. The molecular formula is C22H22N4O4S2. The van der Waals surface area contributed by atoms with Crippen molar-refractivity contribution in [3.8, 4) is 10.6 Å². The number of aromatic nitrogens is 2. The van der Waals surface area contributed by atoms with Crippen LogP contribution >= 0.6 is 11.3 Å². The Hall–Kier alpha value is -3.08. The number of hydrogen-bond acceptors (Lipinski definition) is 7. The maximum Gasteiger partial charge on any atom is 0.259 e. The van der Waals surface area contributed by atoms with E-state index in [4.69, 9.17) is 4.52 Å². The van der Waals surface area contributed by atoms with Gasteiger partial charge in [0.1, 0.15) is 0 Å². The summed E-state index contributed by atoms with van der Waals surface area (Å²) in [4.78, 5) is 18.6. The zero-order valence-corrected chi connectivity index (χ0v) is 19.6. The average molecular weight is 471 g/mol. The molecule has 32 heavy (non-hydrogen) atoms. The molecule has 3 heterocycles. The first-order chi connectivity index (χ1) is 15.0. The molecule has 1 amide bonds. The smallest absolute Gasteiger partial charge is 0.259 e. The van der Waals surface area contributed by atoms with Gasteiger partial charge in [0, 0.05) is 11.2 Å². The van der Waals surface area contributed by atoms with E-state index in [1.165, 1.54) is 23.5 Å². The second-order valence-corrected chi connectivity index (χ2v) is 10.9. The monoisotopic (exact) mass is 470 g/mol. The number of rotatable bonds is 5. The molecule has 0 unspecified atom stereocenters. The van der Waals surface area contributed by atoms with Gasteiger partial charge >= 0.3 is 0 Å². The third-order valence-corrected chi connectivity index (χ3v) is 7.13. The Balaban J connectivity index is 1.70. The van der Waals surface area contributed by atoms with Crippen LogP contribution in [0, 0.1) is 6.92 Å². The summed E-state index contributed by atoms with van der Waals surface area (Å²) in [7, 11) is -3.74. The van der Waals surface area contributed by atoms with Crippen molar-refractivity contribution in [2.45, 2.75) is 38.1 Å². The minimum Gasteiger partial charge on any atom is -0.335 e. The molecule has 10 heteroatoms. The lowest BCUT2D eigenvalue weighted by Gasteiger charge is -2.20. The number of nitrogens with one attached hydrogen (secondary N) is 2. The van der Waals surface area contributed by atoms with E-state index < -0.39 is 21.5 Å². The number of fused-ring (bicyclic) bond motifs is 1. The van der Waals surface area contributed by atoms with Crippen molar-refractivity contribution in [2.24, 2.45) is 0 Å². The predicted octanol–water partition coefficient (Wildman–Crippen LogP) is 4.59. The van der Waals surface area contributed by atoms with Gasteiger partial charge in [0.25, 0.3) is 11.6 Å². The molecule has 0 fully saturated rings. The van der Waals surface area contributed by atoms with Crippen LogP contribution in [-0.2, 0) is 10.0 Å². The minimum atomic E-state index is -3.74. The van der Waals surface area contributed by atoms with E-state index in [2.05, 4.69) is 20.2 Å². The van der Waals surface area contributed by atoms with E-state index in [9.17, 15) is 13.2 Å². The van der Waals surface area contributed by atoms with Gasteiger partial charge in [-0.25, -0.2) is 18.1 Å². The number of pyridine rings is 1. The summed E-state index contributed by atoms with van der Waals surface area (Å²) < 4.78 is 33.3. The second kappa shape index (κ2) is 8.12. The van der Waals surface area contributed by atoms with Gasteiger partial charge in [-0.2, -0.15) is 0 Å². The molecule has 0 radical (unpaired) electrons. The van der Waals surface area contributed by atoms with E-state index in [0.29, 0.717) is 28.0 Å². The molecule has 0 saturated heterocycles. The van der Waals surface area contributed by atoms with Crippen LogP contribution in [0.2, 0.25) is 0 Å². The highest BCUT2D eigenvalue weighted by Crippen LogP contribution is 2.30. The van der Waals surface area contributed by atoms with E-state index in [-0.39, 0.29) is 10.6 Å². The average Bonchev–Trinajstić information content (AvgIpc) is 3.36. The summed E-state index contributed by atoms with van der Waals surface area (Å²) in [5.74, 6) is -0.417. The van der Waals surface area contributed by atoms with Crippen LogP contribution in [0.5, 0.6) is 0 Å². The zero-order chi connectivity index (χ0) is 23.1. The number of nitrogens with zero attached hydrogens (tertiary/aromatic N) is 2. The van der Waals surface area contributed by atoms with Crippen LogP contribution in [0.25, 0.3) is 21.7 Å². The first kappa shape index (κ1) is 22.1. The molecule has 166 valence electrons. The van der Waals surface area contributed by atoms with Crippen LogP contribution in [0.15, 0.2) is 57.3 Å². The Kier molecular flexibility index (Phi) is 5.61. The fraction of sp³-hybridized carbons (Fsp3) is 0.227. The minimum absolute atomic E-state index is 0.0607. The topological polar surface area (TPSA) is 114 Å². The van der Waals surface area contributed by atoms with Crippen LogP contribution in [0.1, 0.15) is 36.8 Å². The molecule has 4 rings (SSSR count). The number of anilines is 1. The molecule has 3 aromatic heterocycles. The van der Waals surface area contributed by atoms with Crippen LogP contribution in [0.3, 0.4) is 0 Å². The maximum atomic E-state index is 13.2. The lowest BCUT2D eigenvalue weighted by molar-refractivity contribution is 0.102. The Bertz CT molecular complexity index is 1400. The highest BCUT2D eigenvalue weighted by Gasteiger charge is 2.23. The molecule has 8 nitrogen and oxygen atoms in total. The molecule has 0 saturated carbocycles. The van der Waals surface area contributed by atoms with Crippen LogP contribution in [-0.4, -0.2) is 30.0 Å². The van der Waals surface area contributed by atoms with Crippen molar-refractivity contribution in [1.29, 1.82) is 0 Å². The maximum absolute atomic E-state index is 13.2. The van der Waals surface area contributed by atoms with Crippen molar-refractivity contribution in [2.75, 3.05) is 5.32 Å². The first-order valence-electron chi connectivity index (χ1n) is 9.80. The molecule has 0 aliphatic heterocycles. The Morgan fingerprint density at radius 2 is 1.91 bits per heavy atom. The van der Waals surface area contributed by atoms with Gasteiger partial charge in [0.15, 0.2) is 0 Å². The number of aryl methyl sites for hydroxylation is 1. The molecule has 0 atom stereocenters. The fourth-order valence-electron chi connectivity index (χ4n) is 3.23. The lowest BCUT2D eigenvalue weighted by Crippen LogP contribution is -2.40. The molecule has 1 aromatic carbocycles. The number of amides is 1. The molecule has 2 N–H and O–H groups in total. The number of carbonyl (C=O) groups excluding carboxylic acids is 1. The van der Waals surface area contributed by atoms with Gasteiger partial charge in [-0.05, 0) is 63.4 Å². The Morgan fingerprint density at radius 1 is 1.12 bits per heavy atom. The third kappa shape index (κ3) is 4.57. The van der Waals surface area contributed by atoms with Crippen LogP contribution in [0.4, 0.5) is 5.69 Å². The normalized spacial score (nSPS) is 12.2. The highest BCUT2D eigenvalue weighted by atomic mass is 32.2. The van der Waals surface area contributed by atoms with Crippen molar-refractivity contribution < 1.29 is 17.7 Å². The van der Waals surface area contributed by atoms with Crippen molar-refractivity contribution in [3.05, 3.63) is 59.1 Å². The summed E-state index contributed by atoms with van der Waals surface area (Å²) in [6.07, 6.45) is 0. The number of thiophene rings is 1. The summed E-state index contributed by atoms with van der Waals surface area (Å²) in [6, 6.07) is 11.6. The van der Waals surface area contributed by atoms with Gasteiger partial charge in [-0.3, -0.25) is 4.79 Å². The third-order valence-electron chi connectivity index (χ3n) is 4.48. The molecule has 0 aliphatic carbocycles. The quantitative estimate of drug-likeness (QED) is 0.441. The SMILES string of the molecule is Cc1noc2nc(-c3cccs3)cc(C(=O)Nc3cccc(S(=O)(=O)NC(C)(C)C)c3)c12. The molecule has 0 aliphatic rings. The van der Waals surface area contributed by atoms with Gasteiger partial charge in [0.05, 0.1) is 32.1 Å². The van der Waals surface area contributed by atoms with Crippen LogP contribution < -0.4 is 10.0 Å². The summed E-state index contributed by atoms with van der Waals surface area (Å²) >= 11 is 1.49. The summed E-state index contributed by atoms with van der Waals surface area (Å²) in [5, 5.41) is 9.17. The second-order valence-electron chi connectivity index (χ2n) is 8.32. The van der Waals surface area contributed by atoms with E-state index >= 15 is 0 Å². The zero-order valence-electron chi connectivity index (χ0n) is 18.0. The number of hydrogen-bond donors (Lipinski definition) is 2. The largest absolute Gasteiger partial charge is 0.335 e. The van der Waals surface area contributed by atoms with Crippen molar-refractivity contribution >= 4 is 44.1 Å². The van der Waals surface area contributed by atoms with Gasteiger partial charge in [0.2, 0.25) is 10.0 Å². The molecule has 0 spiro atoms. The van der Waals surface area contributed by atoms with Gasteiger partial charge < -0.3 is 9.84 Å². The van der Waals surface area contributed by atoms with E-state index in [1.807, 2.05) is 17.5 Å². The van der Waals surface area contributed by atoms with Crippen molar-refractivity contribution in [1.82, 2.24) is 14.9 Å². The number of carbonyl (C=O) groups is 1.